The van der Waals surface area contributed by atoms with Crippen LogP contribution in [-0.2, 0) is 6.54 Å². The summed E-state index contributed by atoms with van der Waals surface area (Å²) < 4.78 is 26.6. The number of hydrogen-bond donors (Lipinski definition) is 1. The van der Waals surface area contributed by atoms with Crippen molar-refractivity contribution in [1.82, 2.24) is 15.1 Å². The van der Waals surface area contributed by atoms with Gasteiger partial charge in [-0.3, -0.25) is 10.00 Å². The lowest BCUT2D eigenvalue weighted by molar-refractivity contribution is -0.100. The van der Waals surface area contributed by atoms with Crippen LogP contribution >= 0.6 is 0 Å². The number of alkyl halides is 2. The van der Waals surface area contributed by atoms with Crippen LogP contribution in [0.4, 0.5) is 8.78 Å². The maximum absolute atomic E-state index is 13.3. The lowest BCUT2D eigenvalue weighted by Gasteiger charge is -2.36. The van der Waals surface area contributed by atoms with Gasteiger partial charge >= 0.3 is 0 Å². The van der Waals surface area contributed by atoms with Crippen LogP contribution in [-0.4, -0.2) is 34.1 Å². The van der Waals surface area contributed by atoms with Crippen LogP contribution < -0.4 is 0 Å². The van der Waals surface area contributed by atoms with Gasteiger partial charge in [-0.15, -0.1) is 0 Å². The highest BCUT2D eigenvalue weighted by Crippen LogP contribution is 2.33. The molecule has 2 heterocycles. The van der Waals surface area contributed by atoms with E-state index in [0.717, 1.165) is 11.3 Å². The monoisotopic (exact) mass is 229 g/mol. The molecule has 0 aromatic carbocycles. The molecule has 0 unspecified atom stereocenters. The fourth-order valence-electron chi connectivity index (χ4n) is 2.09. The van der Waals surface area contributed by atoms with Crippen LogP contribution in [0.5, 0.6) is 0 Å². The number of halogens is 2. The summed E-state index contributed by atoms with van der Waals surface area (Å²) in [4.78, 5) is 2.07. The second kappa shape index (κ2) is 4.13. The number of aromatic amines is 1. The van der Waals surface area contributed by atoms with Gasteiger partial charge in [-0.05, 0) is 6.92 Å². The number of H-pyrrole nitrogens is 1. The van der Waals surface area contributed by atoms with Gasteiger partial charge in [0.1, 0.15) is 0 Å². The molecular formula is C11H17F2N3. The molecule has 1 aliphatic heterocycles. The Morgan fingerprint density at radius 2 is 2.38 bits per heavy atom. The number of aryl methyl sites for hydroxylation is 1. The van der Waals surface area contributed by atoms with Crippen molar-refractivity contribution in [3.05, 3.63) is 17.5 Å². The minimum atomic E-state index is -2.50. The van der Waals surface area contributed by atoms with Gasteiger partial charge in [-0.25, -0.2) is 8.78 Å². The van der Waals surface area contributed by atoms with E-state index in [-0.39, 0.29) is 6.42 Å². The number of nitrogens with one attached hydrogen (secondary N) is 1. The highest BCUT2D eigenvalue weighted by Gasteiger charge is 2.40. The van der Waals surface area contributed by atoms with Crippen LogP contribution in [0, 0.1) is 12.8 Å². The molecule has 0 amide bonds. The summed E-state index contributed by atoms with van der Waals surface area (Å²) >= 11 is 0. The number of rotatable bonds is 2. The minimum absolute atomic E-state index is 0.0366. The first kappa shape index (κ1) is 11.5. The topological polar surface area (TPSA) is 31.9 Å². The number of aromatic nitrogens is 2. The largest absolute Gasteiger partial charge is 0.298 e. The highest BCUT2D eigenvalue weighted by atomic mass is 19.3. The van der Waals surface area contributed by atoms with Gasteiger partial charge < -0.3 is 0 Å². The first-order valence-electron chi connectivity index (χ1n) is 5.58. The van der Waals surface area contributed by atoms with Crippen molar-refractivity contribution in [2.45, 2.75) is 32.7 Å². The zero-order chi connectivity index (χ0) is 11.8. The average Bonchev–Trinajstić information content (AvgIpc) is 2.59. The first-order valence-corrected chi connectivity index (χ1v) is 5.58. The molecule has 0 radical (unpaired) electrons. The molecule has 0 spiro atoms. The van der Waals surface area contributed by atoms with Crippen molar-refractivity contribution >= 4 is 0 Å². The van der Waals surface area contributed by atoms with Crippen LogP contribution in [0.2, 0.25) is 0 Å². The Balaban J connectivity index is 1.96. The molecule has 2 rings (SSSR count). The number of hydrogen-bond acceptors (Lipinski definition) is 2. The second-order valence-electron chi connectivity index (χ2n) is 4.67. The lowest BCUT2D eigenvalue weighted by Crippen LogP contribution is -2.45. The van der Waals surface area contributed by atoms with Crippen molar-refractivity contribution in [2.24, 2.45) is 5.92 Å². The Labute approximate surface area is 93.8 Å². The van der Waals surface area contributed by atoms with E-state index in [4.69, 9.17) is 0 Å². The smallest absolute Gasteiger partial charge is 0.253 e. The summed E-state index contributed by atoms with van der Waals surface area (Å²) in [5.41, 5.74) is 2.11. The fraction of sp³-hybridized carbons (Fsp3) is 0.727. The van der Waals surface area contributed by atoms with Gasteiger partial charge in [-0.2, -0.15) is 5.10 Å². The summed E-state index contributed by atoms with van der Waals surface area (Å²) in [5, 5.41) is 6.80. The summed E-state index contributed by atoms with van der Waals surface area (Å²) in [6.07, 6.45) is 1.73. The zero-order valence-corrected chi connectivity index (χ0v) is 9.63. The Morgan fingerprint density at radius 1 is 1.62 bits per heavy atom. The standard InChI is InChI=1S/C11H17F2N3/c1-8-6-16(4-3-11(8,12)13)7-10-5-14-15-9(10)2/h5,8H,3-4,6-7H2,1-2H3,(H,14,15)/t8-/m1/s1. The third-order valence-corrected chi connectivity index (χ3v) is 3.34. The zero-order valence-electron chi connectivity index (χ0n) is 9.63. The number of likely N-dealkylation sites (tertiary alicyclic amines) is 1. The van der Waals surface area contributed by atoms with E-state index >= 15 is 0 Å². The molecule has 90 valence electrons. The van der Waals surface area contributed by atoms with E-state index in [2.05, 4.69) is 15.1 Å². The van der Waals surface area contributed by atoms with Gasteiger partial charge in [0.25, 0.3) is 5.92 Å². The summed E-state index contributed by atoms with van der Waals surface area (Å²) in [6.45, 7) is 5.20. The van der Waals surface area contributed by atoms with Gasteiger partial charge in [0, 0.05) is 43.2 Å². The van der Waals surface area contributed by atoms with E-state index in [1.54, 1.807) is 13.1 Å². The molecule has 1 fully saturated rings. The Hall–Kier alpha value is -0.970. The third kappa shape index (κ3) is 2.24. The Bertz CT molecular complexity index is 362. The summed E-state index contributed by atoms with van der Waals surface area (Å²) in [7, 11) is 0. The Morgan fingerprint density at radius 3 is 2.94 bits per heavy atom. The lowest BCUT2D eigenvalue weighted by atomic mass is 9.95. The fourth-order valence-corrected chi connectivity index (χ4v) is 2.09. The second-order valence-corrected chi connectivity index (χ2v) is 4.67. The molecule has 16 heavy (non-hydrogen) atoms. The van der Waals surface area contributed by atoms with Gasteiger partial charge in [0.05, 0.1) is 6.20 Å². The van der Waals surface area contributed by atoms with Crippen LogP contribution in [0.3, 0.4) is 0 Å². The summed E-state index contributed by atoms with van der Waals surface area (Å²) in [6, 6.07) is 0. The van der Waals surface area contributed by atoms with Crippen LogP contribution in [0.15, 0.2) is 6.20 Å². The molecule has 0 saturated carbocycles. The van der Waals surface area contributed by atoms with E-state index in [0.29, 0.717) is 19.6 Å². The van der Waals surface area contributed by atoms with E-state index < -0.39 is 11.8 Å². The third-order valence-electron chi connectivity index (χ3n) is 3.34. The predicted molar refractivity (Wildman–Crippen MR) is 57.3 cm³/mol. The van der Waals surface area contributed by atoms with Gasteiger partial charge in [0.2, 0.25) is 0 Å². The quantitative estimate of drug-likeness (QED) is 0.843. The maximum Gasteiger partial charge on any atom is 0.253 e. The molecular weight excluding hydrogens is 212 g/mol. The average molecular weight is 229 g/mol. The normalized spacial score (nSPS) is 25.9. The van der Waals surface area contributed by atoms with E-state index in [9.17, 15) is 8.78 Å². The predicted octanol–water partition coefficient (Wildman–Crippen LogP) is 2.20. The van der Waals surface area contributed by atoms with Crippen LogP contribution in [0.1, 0.15) is 24.6 Å². The van der Waals surface area contributed by atoms with Crippen molar-refractivity contribution in [1.29, 1.82) is 0 Å². The molecule has 1 N–H and O–H groups in total. The molecule has 0 aliphatic carbocycles. The van der Waals surface area contributed by atoms with Crippen molar-refractivity contribution in [2.75, 3.05) is 13.1 Å². The molecule has 1 saturated heterocycles. The SMILES string of the molecule is Cc1[nH]ncc1CN1CCC(F)(F)[C@H](C)C1. The number of nitrogens with zero attached hydrogens (tertiary/aromatic N) is 2. The highest BCUT2D eigenvalue weighted by molar-refractivity contribution is 5.14. The number of piperidine rings is 1. The summed E-state index contributed by atoms with van der Waals surface area (Å²) in [5.74, 6) is -3.06. The minimum Gasteiger partial charge on any atom is -0.298 e. The molecule has 1 aromatic rings. The van der Waals surface area contributed by atoms with Crippen LogP contribution in [0.25, 0.3) is 0 Å². The molecule has 0 bridgehead atoms. The van der Waals surface area contributed by atoms with Gasteiger partial charge in [-0.1, -0.05) is 6.92 Å². The Kier molecular flexibility index (Phi) is 2.97. The van der Waals surface area contributed by atoms with Crippen molar-refractivity contribution in [3.63, 3.8) is 0 Å². The maximum atomic E-state index is 13.3. The molecule has 5 heteroatoms. The van der Waals surface area contributed by atoms with E-state index in [1.807, 2.05) is 6.92 Å². The molecule has 3 nitrogen and oxygen atoms in total. The molecule has 1 aliphatic rings. The first-order chi connectivity index (χ1) is 7.49. The molecule has 1 aromatic heterocycles. The van der Waals surface area contributed by atoms with Gasteiger partial charge in [0.15, 0.2) is 0 Å². The van der Waals surface area contributed by atoms with Crippen molar-refractivity contribution in [3.8, 4) is 0 Å². The van der Waals surface area contributed by atoms with E-state index in [1.165, 1.54) is 0 Å². The van der Waals surface area contributed by atoms with Crippen molar-refractivity contribution < 1.29 is 8.78 Å². The molecule has 1 atom stereocenters.